The van der Waals surface area contributed by atoms with Crippen LogP contribution in [0.3, 0.4) is 0 Å². The Hall–Kier alpha value is -2.57. The molecule has 4 amide bonds. The molecule has 2 fully saturated rings. The molecular formula is C17H21N3O4. The molecule has 2 N–H and O–H groups in total. The number of benzene rings is 1. The highest BCUT2D eigenvalue weighted by Gasteiger charge is 2.52. The van der Waals surface area contributed by atoms with Gasteiger partial charge in [0.05, 0.1) is 7.11 Å². The minimum Gasteiger partial charge on any atom is -0.497 e. The van der Waals surface area contributed by atoms with E-state index in [1.54, 1.807) is 38.1 Å². The molecular weight excluding hydrogens is 310 g/mol. The van der Waals surface area contributed by atoms with Gasteiger partial charge in [0, 0.05) is 6.04 Å². The van der Waals surface area contributed by atoms with Crippen LogP contribution in [0.1, 0.15) is 32.3 Å². The van der Waals surface area contributed by atoms with Gasteiger partial charge >= 0.3 is 6.03 Å². The van der Waals surface area contributed by atoms with E-state index in [4.69, 9.17) is 4.74 Å². The first-order chi connectivity index (χ1) is 11.4. The molecule has 1 heterocycles. The highest BCUT2D eigenvalue weighted by Crippen LogP contribution is 2.32. The minimum absolute atomic E-state index is 0.172. The summed E-state index contributed by atoms with van der Waals surface area (Å²) >= 11 is 0. The Labute approximate surface area is 140 Å². The van der Waals surface area contributed by atoms with E-state index in [1.807, 2.05) is 0 Å². The third-order valence-corrected chi connectivity index (χ3v) is 4.56. The Morgan fingerprint density at radius 1 is 1.42 bits per heavy atom. The maximum absolute atomic E-state index is 12.9. The number of urea groups is 1. The largest absolute Gasteiger partial charge is 0.497 e. The summed E-state index contributed by atoms with van der Waals surface area (Å²) in [7, 11) is 1.53. The van der Waals surface area contributed by atoms with Gasteiger partial charge in [-0.1, -0.05) is 12.1 Å². The number of amides is 4. The lowest BCUT2D eigenvalue weighted by Crippen LogP contribution is -2.49. The number of hydrogen-bond donors (Lipinski definition) is 2. The van der Waals surface area contributed by atoms with Gasteiger partial charge < -0.3 is 15.4 Å². The van der Waals surface area contributed by atoms with Crippen molar-refractivity contribution in [3.05, 3.63) is 29.8 Å². The summed E-state index contributed by atoms with van der Waals surface area (Å²) in [6.45, 7) is 3.19. The number of rotatable bonds is 5. The fraction of sp³-hybridized carbons (Fsp3) is 0.471. The van der Waals surface area contributed by atoms with E-state index >= 15 is 0 Å². The minimum atomic E-state index is -1.22. The molecule has 3 rings (SSSR count). The van der Waals surface area contributed by atoms with Crippen molar-refractivity contribution in [2.75, 3.05) is 7.11 Å². The van der Waals surface area contributed by atoms with E-state index in [0.29, 0.717) is 11.3 Å². The highest BCUT2D eigenvalue weighted by atomic mass is 16.5. The molecule has 1 aromatic rings. The van der Waals surface area contributed by atoms with Crippen molar-refractivity contribution >= 4 is 17.8 Å². The first-order valence-corrected chi connectivity index (χ1v) is 7.97. The van der Waals surface area contributed by atoms with Crippen LogP contribution in [0, 0.1) is 0 Å². The van der Waals surface area contributed by atoms with E-state index in [0.717, 1.165) is 17.7 Å². The lowest BCUT2D eigenvalue weighted by atomic mass is 9.91. The summed E-state index contributed by atoms with van der Waals surface area (Å²) in [5.74, 6) is -0.163. The molecule has 1 saturated heterocycles. The summed E-state index contributed by atoms with van der Waals surface area (Å²) in [6, 6.07) is 5.72. The second-order valence-corrected chi connectivity index (χ2v) is 6.42. The van der Waals surface area contributed by atoms with E-state index < -0.39 is 23.5 Å². The zero-order valence-corrected chi connectivity index (χ0v) is 14.0. The molecule has 2 atom stereocenters. The van der Waals surface area contributed by atoms with Gasteiger partial charge in [-0.05, 0) is 44.4 Å². The molecule has 1 aliphatic heterocycles. The number of hydrogen-bond acceptors (Lipinski definition) is 4. The topological polar surface area (TPSA) is 87.7 Å². The van der Waals surface area contributed by atoms with Crippen LogP contribution >= 0.6 is 0 Å². The Kier molecular flexibility index (Phi) is 3.95. The van der Waals surface area contributed by atoms with Crippen molar-refractivity contribution in [3.63, 3.8) is 0 Å². The van der Waals surface area contributed by atoms with Gasteiger partial charge in [0.1, 0.15) is 17.3 Å². The molecule has 0 spiro atoms. The molecule has 1 aliphatic carbocycles. The zero-order chi connectivity index (χ0) is 17.5. The van der Waals surface area contributed by atoms with Crippen LogP contribution < -0.4 is 15.4 Å². The fourth-order valence-corrected chi connectivity index (χ4v) is 2.81. The zero-order valence-electron chi connectivity index (χ0n) is 14.0. The Balaban J connectivity index is 1.85. The number of carbonyl (C=O) groups is 3. The Morgan fingerprint density at radius 2 is 2.12 bits per heavy atom. The smallest absolute Gasteiger partial charge is 0.326 e. The van der Waals surface area contributed by atoms with Crippen LogP contribution in [0.4, 0.5) is 4.79 Å². The molecule has 7 heteroatoms. The lowest BCUT2D eigenvalue weighted by molar-refractivity contribution is -0.137. The van der Waals surface area contributed by atoms with Crippen LogP contribution in [-0.2, 0) is 15.1 Å². The molecule has 0 radical (unpaired) electrons. The fourth-order valence-electron chi connectivity index (χ4n) is 2.81. The molecule has 0 aromatic heterocycles. The van der Waals surface area contributed by atoms with E-state index in [-0.39, 0.29) is 11.9 Å². The standard InChI is InChI=1S/C17H21N3O4/c1-10(14(21)18-12-7-8-12)20-15(22)17(2,19-16(20)23)11-5-4-6-13(9-11)24-3/h4-6,9-10,12H,7-8H2,1-3H3,(H,18,21)(H,19,23)/t10-,17+/m0/s1. The van der Waals surface area contributed by atoms with Crippen LogP contribution in [0.2, 0.25) is 0 Å². The van der Waals surface area contributed by atoms with Crippen LogP contribution in [0.5, 0.6) is 5.75 Å². The predicted molar refractivity (Wildman–Crippen MR) is 86.4 cm³/mol. The van der Waals surface area contributed by atoms with Crippen molar-refractivity contribution in [1.82, 2.24) is 15.5 Å². The lowest BCUT2D eigenvalue weighted by Gasteiger charge is -2.24. The number of carbonyl (C=O) groups excluding carboxylic acids is 3. The number of imide groups is 1. The molecule has 0 bridgehead atoms. The Bertz CT molecular complexity index is 701. The van der Waals surface area contributed by atoms with E-state index in [1.165, 1.54) is 7.11 Å². The first-order valence-electron chi connectivity index (χ1n) is 7.97. The molecule has 24 heavy (non-hydrogen) atoms. The van der Waals surface area contributed by atoms with Crippen LogP contribution in [0.25, 0.3) is 0 Å². The van der Waals surface area contributed by atoms with Crippen molar-refractivity contribution in [3.8, 4) is 5.75 Å². The van der Waals surface area contributed by atoms with Gasteiger partial charge in [-0.15, -0.1) is 0 Å². The van der Waals surface area contributed by atoms with Crippen molar-refractivity contribution in [2.24, 2.45) is 0 Å². The second kappa shape index (κ2) is 5.81. The monoisotopic (exact) mass is 331 g/mol. The molecule has 0 unspecified atom stereocenters. The third-order valence-electron chi connectivity index (χ3n) is 4.56. The number of nitrogens with one attached hydrogen (secondary N) is 2. The average Bonchev–Trinajstić information content (AvgIpc) is 3.34. The molecule has 128 valence electrons. The first kappa shape index (κ1) is 16.3. The normalized spacial score (nSPS) is 24.5. The number of methoxy groups -OCH3 is 1. The number of nitrogens with zero attached hydrogens (tertiary/aromatic N) is 1. The maximum atomic E-state index is 12.9. The van der Waals surface area contributed by atoms with Crippen LogP contribution in [0.15, 0.2) is 24.3 Å². The molecule has 1 saturated carbocycles. The SMILES string of the molecule is COc1cccc([C@@]2(C)NC(=O)N([C@@H](C)C(=O)NC3CC3)C2=O)c1. The summed E-state index contributed by atoms with van der Waals surface area (Å²) in [5.41, 5.74) is -0.614. The van der Waals surface area contributed by atoms with Gasteiger partial charge in [-0.25, -0.2) is 9.69 Å². The summed E-state index contributed by atoms with van der Waals surface area (Å²) in [5, 5.41) is 5.53. The van der Waals surface area contributed by atoms with Gasteiger partial charge in [-0.2, -0.15) is 0 Å². The maximum Gasteiger partial charge on any atom is 0.326 e. The Morgan fingerprint density at radius 3 is 2.75 bits per heavy atom. The number of ether oxygens (including phenoxy) is 1. The third kappa shape index (κ3) is 2.70. The summed E-state index contributed by atoms with van der Waals surface area (Å²) in [4.78, 5) is 38.5. The second-order valence-electron chi connectivity index (χ2n) is 6.42. The molecule has 2 aliphatic rings. The average molecular weight is 331 g/mol. The van der Waals surface area contributed by atoms with Gasteiger partial charge in [-0.3, -0.25) is 9.59 Å². The van der Waals surface area contributed by atoms with Gasteiger partial charge in [0.15, 0.2) is 0 Å². The van der Waals surface area contributed by atoms with Gasteiger partial charge in [0.2, 0.25) is 5.91 Å². The summed E-state index contributed by atoms with van der Waals surface area (Å²) < 4.78 is 5.18. The predicted octanol–water partition coefficient (Wildman–Crippen LogP) is 1.13. The van der Waals surface area contributed by atoms with Gasteiger partial charge in [0.25, 0.3) is 5.91 Å². The van der Waals surface area contributed by atoms with E-state index in [2.05, 4.69) is 10.6 Å². The molecule has 7 nitrogen and oxygen atoms in total. The highest BCUT2D eigenvalue weighted by molar-refractivity contribution is 6.10. The van der Waals surface area contributed by atoms with E-state index in [9.17, 15) is 14.4 Å². The van der Waals surface area contributed by atoms with Crippen molar-refractivity contribution in [1.29, 1.82) is 0 Å². The summed E-state index contributed by atoms with van der Waals surface area (Å²) in [6.07, 6.45) is 1.89. The van der Waals surface area contributed by atoms with Crippen molar-refractivity contribution in [2.45, 2.75) is 44.3 Å². The van der Waals surface area contributed by atoms with Crippen LogP contribution in [-0.4, -0.2) is 41.9 Å². The quantitative estimate of drug-likeness (QED) is 0.792. The van der Waals surface area contributed by atoms with Crippen molar-refractivity contribution < 1.29 is 19.1 Å². The molecule has 1 aromatic carbocycles.